The molecule has 0 fully saturated rings. The van der Waals surface area contributed by atoms with Crippen LogP contribution >= 0.6 is 0 Å². The van der Waals surface area contributed by atoms with Crippen LogP contribution < -0.4 is 5.56 Å². The molecule has 3 aromatic heterocycles. The van der Waals surface area contributed by atoms with E-state index < -0.39 is 0 Å². The number of rotatable bonds is 2. The summed E-state index contributed by atoms with van der Waals surface area (Å²) in [6, 6.07) is 6.99. The number of hydrogen-bond acceptors (Lipinski definition) is 4. The standard InChI is InChI=1S/C13H10N2O3/c1-8-11(9-4-2-6-17-9)14-12(15-13(8)16)10-5-3-7-18-10/h2-7H,1H3,(H,14,15,16). The monoisotopic (exact) mass is 242 g/mol. The van der Waals surface area contributed by atoms with E-state index in [-0.39, 0.29) is 5.56 Å². The fourth-order valence-electron chi connectivity index (χ4n) is 1.72. The molecule has 0 bridgehead atoms. The van der Waals surface area contributed by atoms with Gasteiger partial charge in [0.15, 0.2) is 17.3 Å². The molecule has 5 nitrogen and oxygen atoms in total. The first-order chi connectivity index (χ1) is 8.75. The second-order valence-electron chi connectivity index (χ2n) is 3.84. The SMILES string of the molecule is Cc1c(-c2ccco2)nc(-c2ccco2)[nH]c1=O. The van der Waals surface area contributed by atoms with E-state index >= 15 is 0 Å². The van der Waals surface area contributed by atoms with Crippen molar-refractivity contribution in [2.24, 2.45) is 0 Å². The number of furan rings is 2. The summed E-state index contributed by atoms with van der Waals surface area (Å²) in [5.41, 5.74) is 0.832. The van der Waals surface area contributed by atoms with E-state index in [2.05, 4.69) is 9.97 Å². The lowest BCUT2D eigenvalue weighted by molar-refractivity contribution is 0.572. The van der Waals surface area contributed by atoms with Gasteiger partial charge in [0.25, 0.3) is 5.56 Å². The first-order valence-corrected chi connectivity index (χ1v) is 5.44. The quantitative estimate of drug-likeness (QED) is 0.749. The van der Waals surface area contributed by atoms with E-state index in [1.54, 1.807) is 37.5 Å². The van der Waals surface area contributed by atoms with Crippen LogP contribution in [0.4, 0.5) is 0 Å². The smallest absolute Gasteiger partial charge is 0.254 e. The van der Waals surface area contributed by atoms with Gasteiger partial charge in [-0.15, -0.1) is 0 Å². The van der Waals surface area contributed by atoms with E-state index in [1.807, 2.05) is 0 Å². The molecule has 0 saturated heterocycles. The molecule has 0 radical (unpaired) electrons. The molecule has 0 aliphatic rings. The summed E-state index contributed by atoms with van der Waals surface area (Å²) >= 11 is 0. The molecular formula is C13H10N2O3. The van der Waals surface area contributed by atoms with Crippen molar-refractivity contribution in [2.45, 2.75) is 6.92 Å². The molecule has 3 rings (SSSR count). The average Bonchev–Trinajstić information content (AvgIpc) is 3.03. The topological polar surface area (TPSA) is 72.0 Å². The lowest BCUT2D eigenvalue weighted by Crippen LogP contribution is -2.13. The Morgan fingerprint density at radius 1 is 1.11 bits per heavy atom. The van der Waals surface area contributed by atoms with Gasteiger partial charge < -0.3 is 13.8 Å². The minimum atomic E-state index is -0.206. The summed E-state index contributed by atoms with van der Waals surface area (Å²) in [5.74, 6) is 1.47. The first kappa shape index (κ1) is 10.6. The Labute approximate surface area is 102 Å². The predicted octanol–water partition coefficient (Wildman–Crippen LogP) is 2.60. The number of nitrogens with zero attached hydrogens (tertiary/aromatic N) is 1. The van der Waals surface area contributed by atoms with Crippen molar-refractivity contribution < 1.29 is 8.83 Å². The minimum Gasteiger partial charge on any atom is -0.463 e. The van der Waals surface area contributed by atoms with Crippen molar-refractivity contribution in [3.8, 4) is 23.0 Å². The molecule has 0 aromatic carbocycles. The largest absolute Gasteiger partial charge is 0.463 e. The van der Waals surface area contributed by atoms with Gasteiger partial charge in [0, 0.05) is 5.56 Å². The maximum Gasteiger partial charge on any atom is 0.254 e. The Kier molecular flexibility index (Phi) is 2.37. The molecule has 0 unspecified atom stereocenters. The Morgan fingerprint density at radius 3 is 2.39 bits per heavy atom. The van der Waals surface area contributed by atoms with Crippen LogP contribution in [0.5, 0.6) is 0 Å². The molecule has 18 heavy (non-hydrogen) atoms. The van der Waals surface area contributed by atoms with Crippen molar-refractivity contribution >= 4 is 0 Å². The van der Waals surface area contributed by atoms with E-state index in [0.29, 0.717) is 28.6 Å². The second-order valence-corrected chi connectivity index (χ2v) is 3.84. The van der Waals surface area contributed by atoms with Crippen LogP contribution in [0.15, 0.2) is 50.4 Å². The van der Waals surface area contributed by atoms with Gasteiger partial charge in [-0.1, -0.05) is 0 Å². The zero-order chi connectivity index (χ0) is 12.5. The van der Waals surface area contributed by atoms with Gasteiger partial charge in [0.1, 0.15) is 5.69 Å². The Balaban J connectivity index is 2.24. The molecular weight excluding hydrogens is 232 g/mol. The Bertz CT molecular complexity index is 709. The van der Waals surface area contributed by atoms with Gasteiger partial charge in [-0.25, -0.2) is 4.98 Å². The van der Waals surface area contributed by atoms with Gasteiger partial charge in [0.05, 0.1) is 12.5 Å². The molecule has 3 aromatic rings. The summed E-state index contributed by atoms with van der Waals surface area (Å²) in [5, 5.41) is 0. The molecule has 3 heterocycles. The molecule has 5 heteroatoms. The normalized spacial score (nSPS) is 10.7. The fourth-order valence-corrected chi connectivity index (χ4v) is 1.72. The van der Waals surface area contributed by atoms with Crippen LogP contribution in [-0.4, -0.2) is 9.97 Å². The molecule has 0 amide bonds. The minimum absolute atomic E-state index is 0.206. The Morgan fingerprint density at radius 2 is 1.78 bits per heavy atom. The van der Waals surface area contributed by atoms with Gasteiger partial charge in [-0.2, -0.15) is 0 Å². The van der Waals surface area contributed by atoms with Crippen LogP contribution in [-0.2, 0) is 0 Å². The Hall–Kier alpha value is -2.56. The number of hydrogen-bond donors (Lipinski definition) is 1. The van der Waals surface area contributed by atoms with E-state index in [9.17, 15) is 4.79 Å². The summed E-state index contributed by atoms with van der Waals surface area (Å²) in [6.07, 6.45) is 3.08. The number of aromatic nitrogens is 2. The molecule has 0 aliphatic heterocycles. The number of H-pyrrole nitrogens is 1. The fraction of sp³-hybridized carbons (Fsp3) is 0.0769. The second kappa shape index (κ2) is 4.03. The van der Waals surface area contributed by atoms with Crippen molar-refractivity contribution in [1.82, 2.24) is 9.97 Å². The van der Waals surface area contributed by atoms with Crippen LogP contribution in [0.1, 0.15) is 5.56 Å². The van der Waals surface area contributed by atoms with Crippen molar-refractivity contribution in [3.63, 3.8) is 0 Å². The van der Waals surface area contributed by atoms with E-state index in [1.165, 1.54) is 6.26 Å². The van der Waals surface area contributed by atoms with Crippen LogP contribution in [0, 0.1) is 6.92 Å². The van der Waals surface area contributed by atoms with Crippen molar-refractivity contribution in [1.29, 1.82) is 0 Å². The first-order valence-electron chi connectivity index (χ1n) is 5.44. The molecule has 0 spiro atoms. The number of aromatic amines is 1. The third-order valence-electron chi connectivity index (χ3n) is 2.66. The molecule has 90 valence electrons. The van der Waals surface area contributed by atoms with Crippen LogP contribution in [0.2, 0.25) is 0 Å². The summed E-state index contributed by atoms with van der Waals surface area (Å²) < 4.78 is 10.5. The van der Waals surface area contributed by atoms with Crippen molar-refractivity contribution in [2.75, 3.05) is 0 Å². The molecule has 0 aliphatic carbocycles. The number of nitrogens with one attached hydrogen (secondary N) is 1. The van der Waals surface area contributed by atoms with Gasteiger partial charge >= 0.3 is 0 Å². The summed E-state index contributed by atoms with van der Waals surface area (Å²) in [6.45, 7) is 1.70. The molecule has 0 saturated carbocycles. The predicted molar refractivity (Wildman–Crippen MR) is 65.0 cm³/mol. The third-order valence-corrected chi connectivity index (χ3v) is 2.66. The lowest BCUT2D eigenvalue weighted by atomic mass is 10.2. The highest BCUT2D eigenvalue weighted by Gasteiger charge is 2.13. The van der Waals surface area contributed by atoms with Crippen LogP contribution in [0.25, 0.3) is 23.0 Å². The van der Waals surface area contributed by atoms with Gasteiger partial charge in [-0.3, -0.25) is 4.79 Å². The highest BCUT2D eigenvalue weighted by atomic mass is 16.3. The average molecular weight is 242 g/mol. The van der Waals surface area contributed by atoms with Crippen LogP contribution in [0.3, 0.4) is 0 Å². The van der Waals surface area contributed by atoms with E-state index in [4.69, 9.17) is 8.83 Å². The maximum absolute atomic E-state index is 11.9. The highest BCUT2D eigenvalue weighted by Crippen LogP contribution is 2.22. The van der Waals surface area contributed by atoms with Gasteiger partial charge in [-0.05, 0) is 31.2 Å². The van der Waals surface area contributed by atoms with Gasteiger partial charge in [0.2, 0.25) is 0 Å². The molecule has 0 atom stereocenters. The maximum atomic E-state index is 11.9. The summed E-state index contributed by atoms with van der Waals surface area (Å²) in [4.78, 5) is 18.9. The molecule has 1 N–H and O–H groups in total. The lowest BCUT2D eigenvalue weighted by Gasteiger charge is -2.03. The van der Waals surface area contributed by atoms with E-state index in [0.717, 1.165) is 0 Å². The zero-order valence-corrected chi connectivity index (χ0v) is 9.64. The zero-order valence-electron chi connectivity index (χ0n) is 9.64. The highest BCUT2D eigenvalue weighted by molar-refractivity contribution is 5.59. The van der Waals surface area contributed by atoms with Crippen molar-refractivity contribution in [3.05, 3.63) is 52.7 Å². The third kappa shape index (κ3) is 1.66. The summed E-state index contributed by atoms with van der Waals surface area (Å²) in [7, 11) is 0.